The monoisotopic (exact) mass is 776 g/mol. The summed E-state index contributed by atoms with van der Waals surface area (Å²) in [6.45, 7) is 0. The molecule has 0 radical (unpaired) electrons. The zero-order valence-electron chi connectivity index (χ0n) is 33.5. The maximum atomic E-state index is 2.49. The molecule has 0 amide bonds. The summed E-state index contributed by atoms with van der Waals surface area (Å²) in [6, 6.07) is 89.0. The second-order valence-electron chi connectivity index (χ2n) is 16.0. The lowest BCUT2D eigenvalue weighted by Gasteiger charge is -2.33. The number of para-hydroxylation sites is 2. The third-order valence-corrected chi connectivity index (χ3v) is 12.8. The molecule has 0 fully saturated rings. The van der Waals surface area contributed by atoms with Gasteiger partial charge in [-0.15, -0.1) is 0 Å². The van der Waals surface area contributed by atoms with Gasteiger partial charge >= 0.3 is 0 Å². The maximum Gasteiger partial charge on any atom is 0.0727 e. The normalized spacial score (nSPS) is 14.3. The second-order valence-corrected chi connectivity index (χ2v) is 16.0. The molecule has 12 rings (SSSR count). The highest BCUT2D eigenvalue weighted by Crippen LogP contribution is 2.65. The largest absolute Gasteiger partial charge is 0.310 e. The van der Waals surface area contributed by atoms with E-state index in [0.717, 1.165) is 34.1 Å². The fraction of sp³-hybridized carbons (Fsp3) is 0.0169. The molecule has 10 aromatic carbocycles. The highest BCUT2D eigenvalue weighted by atomic mass is 15.2. The van der Waals surface area contributed by atoms with E-state index in [0.29, 0.717) is 0 Å². The predicted molar refractivity (Wildman–Crippen MR) is 255 cm³/mol. The van der Waals surface area contributed by atoms with Gasteiger partial charge in [0.05, 0.1) is 16.8 Å². The molecule has 2 aliphatic carbocycles. The van der Waals surface area contributed by atoms with Crippen LogP contribution >= 0.6 is 0 Å². The summed E-state index contributed by atoms with van der Waals surface area (Å²) < 4.78 is 0. The first kappa shape index (κ1) is 35.0. The van der Waals surface area contributed by atoms with E-state index in [2.05, 4.69) is 252 Å². The van der Waals surface area contributed by atoms with Gasteiger partial charge in [-0.25, -0.2) is 0 Å². The Kier molecular flexibility index (Phi) is 8.11. The zero-order chi connectivity index (χ0) is 40.3. The predicted octanol–water partition coefficient (Wildman–Crippen LogP) is 15.8. The van der Waals surface area contributed by atoms with Crippen LogP contribution in [0.15, 0.2) is 243 Å². The Labute approximate surface area is 356 Å². The molecule has 0 heterocycles. The Bertz CT molecular complexity index is 3240. The van der Waals surface area contributed by atoms with Crippen molar-refractivity contribution in [1.82, 2.24) is 0 Å². The van der Waals surface area contributed by atoms with Gasteiger partial charge in [0.2, 0.25) is 0 Å². The molecule has 0 aliphatic heterocycles. The van der Waals surface area contributed by atoms with Gasteiger partial charge in [-0.1, -0.05) is 182 Å². The number of rotatable bonds is 7. The molecule has 10 aromatic rings. The quantitative estimate of drug-likeness (QED) is 0.159. The van der Waals surface area contributed by atoms with E-state index in [-0.39, 0.29) is 0 Å². The Morgan fingerprint density at radius 2 is 0.754 bits per heavy atom. The van der Waals surface area contributed by atoms with Crippen molar-refractivity contribution in [2.24, 2.45) is 0 Å². The third-order valence-electron chi connectivity index (χ3n) is 12.8. The molecular weight excluding hydrogens is 737 g/mol. The van der Waals surface area contributed by atoms with Crippen molar-refractivity contribution < 1.29 is 0 Å². The first-order valence-corrected chi connectivity index (χ1v) is 21.1. The van der Waals surface area contributed by atoms with Crippen LogP contribution < -0.4 is 9.80 Å². The Morgan fingerprint density at radius 3 is 1.49 bits per heavy atom. The number of fused-ring (bicyclic) bond motifs is 11. The highest BCUT2D eigenvalue weighted by Gasteiger charge is 2.52. The molecule has 0 bridgehead atoms. The molecule has 0 N–H and O–H groups in total. The lowest BCUT2D eigenvalue weighted by atomic mass is 9.70. The molecule has 2 heteroatoms. The van der Waals surface area contributed by atoms with E-state index >= 15 is 0 Å². The van der Waals surface area contributed by atoms with Crippen LogP contribution in [0.3, 0.4) is 0 Å². The molecule has 0 saturated carbocycles. The molecule has 0 saturated heterocycles. The van der Waals surface area contributed by atoms with Gasteiger partial charge in [0.15, 0.2) is 0 Å². The Morgan fingerprint density at radius 1 is 0.279 bits per heavy atom. The average molecular weight is 777 g/mol. The minimum atomic E-state index is -0.551. The van der Waals surface area contributed by atoms with E-state index in [1.807, 2.05) is 0 Å². The van der Waals surface area contributed by atoms with Crippen LogP contribution in [0.4, 0.5) is 34.1 Å². The van der Waals surface area contributed by atoms with Gasteiger partial charge in [0, 0.05) is 33.7 Å². The van der Waals surface area contributed by atoms with Gasteiger partial charge in [0.25, 0.3) is 0 Å². The van der Waals surface area contributed by atoms with Crippen molar-refractivity contribution in [3.05, 3.63) is 265 Å². The number of hydrogen-bond donors (Lipinski definition) is 0. The standard InChI is InChI=1S/C59H40N2/c1-4-18-41(19-5-1)42-34-36-46(37-35-42)60(44-22-6-2-7-23-44)57-33-17-31-54-58(57)51-28-13-15-30-53(51)59(54)52-29-14-12-27-49(52)50-39-38-47(40-55(50)59)61(45-24-8-3-9-25-45)56-32-16-21-43-20-10-11-26-48(43)56/h1-40H. The number of hydrogen-bond acceptors (Lipinski definition) is 2. The molecule has 286 valence electrons. The van der Waals surface area contributed by atoms with E-state index < -0.39 is 5.41 Å². The fourth-order valence-corrected chi connectivity index (χ4v) is 10.3. The van der Waals surface area contributed by atoms with E-state index in [1.54, 1.807) is 0 Å². The molecule has 2 nitrogen and oxygen atoms in total. The van der Waals surface area contributed by atoms with Crippen molar-refractivity contribution in [2.45, 2.75) is 5.41 Å². The van der Waals surface area contributed by atoms with Crippen LogP contribution in [0.2, 0.25) is 0 Å². The summed E-state index contributed by atoms with van der Waals surface area (Å²) in [5.41, 5.74) is 18.9. The third kappa shape index (κ3) is 5.36. The summed E-state index contributed by atoms with van der Waals surface area (Å²) in [5, 5.41) is 2.43. The zero-order valence-corrected chi connectivity index (χ0v) is 33.5. The number of nitrogens with zero attached hydrogens (tertiary/aromatic N) is 2. The van der Waals surface area contributed by atoms with Gasteiger partial charge < -0.3 is 9.80 Å². The minimum Gasteiger partial charge on any atom is -0.310 e. The number of benzene rings is 10. The van der Waals surface area contributed by atoms with Crippen molar-refractivity contribution in [3.8, 4) is 33.4 Å². The van der Waals surface area contributed by atoms with Crippen LogP contribution in [0, 0.1) is 0 Å². The summed E-state index contributed by atoms with van der Waals surface area (Å²) in [6.07, 6.45) is 0. The van der Waals surface area contributed by atoms with Crippen LogP contribution in [-0.4, -0.2) is 0 Å². The van der Waals surface area contributed by atoms with Gasteiger partial charge in [-0.05, 0) is 116 Å². The topological polar surface area (TPSA) is 6.48 Å². The fourth-order valence-electron chi connectivity index (χ4n) is 10.3. The van der Waals surface area contributed by atoms with Crippen LogP contribution in [0.5, 0.6) is 0 Å². The van der Waals surface area contributed by atoms with E-state index in [4.69, 9.17) is 0 Å². The molecule has 61 heavy (non-hydrogen) atoms. The maximum absolute atomic E-state index is 2.49. The SMILES string of the molecule is c1ccc(-c2ccc(N(c3ccccc3)c3cccc4c3-c3ccccc3C43c4ccccc4-c4ccc(N(c5ccccc5)c5cccc6ccccc56)cc43)cc2)cc1. The summed E-state index contributed by atoms with van der Waals surface area (Å²) >= 11 is 0. The van der Waals surface area contributed by atoms with Crippen LogP contribution in [-0.2, 0) is 5.41 Å². The first-order chi connectivity index (χ1) is 30.3. The van der Waals surface area contributed by atoms with Gasteiger partial charge in [-0.3, -0.25) is 0 Å². The van der Waals surface area contributed by atoms with Crippen LogP contribution in [0.25, 0.3) is 44.2 Å². The average Bonchev–Trinajstić information content (AvgIpc) is 3.81. The number of anilines is 6. The lowest BCUT2D eigenvalue weighted by molar-refractivity contribution is 0.793. The van der Waals surface area contributed by atoms with Crippen molar-refractivity contribution in [2.75, 3.05) is 9.80 Å². The summed E-state index contributed by atoms with van der Waals surface area (Å²) in [5.74, 6) is 0. The molecule has 1 atom stereocenters. The minimum absolute atomic E-state index is 0.551. The molecule has 0 aromatic heterocycles. The van der Waals surface area contributed by atoms with Gasteiger partial charge in [0.1, 0.15) is 0 Å². The van der Waals surface area contributed by atoms with Crippen LogP contribution in [0.1, 0.15) is 22.3 Å². The first-order valence-electron chi connectivity index (χ1n) is 21.1. The highest BCUT2D eigenvalue weighted by molar-refractivity contribution is 6.03. The Hall–Kier alpha value is -7.94. The van der Waals surface area contributed by atoms with Crippen molar-refractivity contribution in [3.63, 3.8) is 0 Å². The Balaban J connectivity index is 1.11. The molecular formula is C59H40N2. The molecule has 2 aliphatic rings. The molecule has 1 unspecified atom stereocenters. The summed E-state index contributed by atoms with van der Waals surface area (Å²) in [7, 11) is 0. The lowest BCUT2D eigenvalue weighted by Crippen LogP contribution is -2.26. The van der Waals surface area contributed by atoms with E-state index in [9.17, 15) is 0 Å². The van der Waals surface area contributed by atoms with Gasteiger partial charge in [-0.2, -0.15) is 0 Å². The smallest absolute Gasteiger partial charge is 0.0727 e. The molecule has 1 spiro atoms. The summed E-state index contributed by atoms with van der Waals surface area (Å²) in [4.78, 5) is 4.88. The second kappa shape index (κ2) is 14.1. The van der Waals surface area contributed by atoms with E-state index in [1.165, 1.54) is 66.4 Å². The van der Waals surface area contributed by atoms with Crippen molar-refractivity contribution >= 4 is 44.9 Å². The van der Waals surface area contributed by atoms with Crippen molar-refractivity contribution in [1.29, 1.82) is 0 Å².